The molecule has 0 aromatic heterocycles. The molecule has 70 valence electrons. The van der Waals surface area contributed by atoms with Crippen LogP contribution in [-0.4, -0.2) is 11.7 Å². The molecule has 1 aromatic carbocycles. The minimum Gasteiger partial charge on any atom is -0.494 e. The standard InChI is InChI=1S/C11H14O2/c1-2-13-9-5-3-8-4-6-11(12)10(8)7-9/h3,5,7,11-12H,2,4,6H2,1H3. The molecule has 0 spiro atoms. The molecule has 13 heavy (non-hydrogen) atoms. The van der Waals surface area contributed by atoms with Crippen LogP contribution in [0.1, 0.15) is 30.6 Å². The Hall–Kier alpha value is -1.02. The molecule has 1 aliphatic carbocycles. The lowest BCUT2D eigenvalue weighted by Gasteiger charge is -2.07. The number of fused-ring (bicyclic) bond motifs is 1. The van der Waals surface area contributed by atoms with Gasteiger partial charge in [-0.05, 0) is 43.0 Å². The Balaban J connectivity index is 2.31. The number of rotatable bonds is 2. The van der Waals surface area contributed by atoms with Crippen LogP contribution >= 0.6 is 0 Å². The monoisotopic (exact) mass is 178 g/mol. The first-order valence-electron chi connectivity index (χ1n) is 4.75. The van der Waals surface area contributed by atoms with Crippen molar-refractivity contribution < 1.29 is 9.84 Å². The molecular weight excluding hydrogens is 164 g/mol. The summed E-state index contributed by atoms with van der Waals surface area (Å²) in [6, 6.07) is 5.98. The van der Waals surface area contributed by atoms with Crippen LogP contribution in [0.3, 0.4) is 0 Å². The van der Waals surface area contributed by atoms with E-state index in [2.05, 4.69) is 6.07 Å². The predicted molar refractivity (Wildman–Crippen MR) is 50.9 cm³/mol. The number of hydrogen-bond donors (Lipinski definition) is 1. The highest BCUT2D eigenvalue weighted by Gasteiger charge is 2.20. The van der Waals surface area contributed by atoms with Crippen LogP contribution in [0.15, 0.2) is 18.2 Å². The van der Waals surface area contributed by atoms with E-state index in [1.54, 1.807) is 0 Å². The van der Waals surface area contributed by atoms with E-state index >= 15 is 0 Å². The average molecular weight is 178 g/mol. The number of aryl methyl sites for hydroxylation is 1. The molecular formula is C11H14O2. The zero-order chi connectivity index (χ0) is 9.26. The fourth-order valence-corrected chi connectivity index (χ4v) is 1.82. The second-order valence-corrected chi connectivity index (χ2v) is 3.35. The van der Waals surface area contributed by atoms with Crippen molar-refractivity contribution in [1.82, 2.24) is 0 Å². The summed E-state index contributed by atoms with van der Waals surface area (Å²) < 4.78 is 5.37. The average Bonchev–Trinajstić information content (AvgIpc) is 2.49. The van der Waals surface area contributed by atoms with Crippen LogP contribution in [0.25, 0.3) is 0 Å². The largest absolute Gasteiger partial charge is 0.494 e. The van der Waals surface area contributed by atoms with Gasteiger partial charge in [-0.15, -0.1) is 0 Å². The van der Waals surface area contributed by atoms with Crippen molar-refractivity contribution in [2.75, 3.05) is 6.61 Å². The van der Waals surface area contributed by atoms with Crippen LogP contribution in [0.2, 0.25) is 0 Å². The first-order valence-corrected chi connectivity index (χ1v) is 4.75. The molecule has 0 fully saturated rings. The van der Waals surface area contributed by atoms with E-state index in [1.165, 1.54) is 5.56 Å². The fourth-order valence-electron chi connectivity index (χ4n) is 1.82. The molecule has 0 radical (unpaired) electrons. The second-order valence-electron chi connectivity index (χ2n) is 3.35. The van der Waals surface area contributed by atoms with Gasteiger partial charge in [0.2, 0.25) is 0 Å². The summed E-state index contributed by atoms with van der Waals surface area (Å²) >= 11 is 0. The summed E-state index contributed by atoms with van der Waals surface area (Å²) in [7, 11) is 0. The van der Waals surface area contributed by atoms with E-state index in [1.807, 2.05) is 19.1 Å². The van der Waals surface area contributed by atoms with Crippen LogP contribution in [0.4, 0.5) is 0 Å². The van der Waals surface area contributed by atoms with Crippen LogP contribution in [0, 0.1) is 0 Å². The minimum atomic E-state index is -0.282. The van der Waals surface area contributed by atoms with Gasteiger partial charge in [-0.1, -0.05) is 6.07 Å². The highest BCUT2D eigenvalue weighted by Crippen LogP contribution is 2.33. The van der Waals surface area contributed by atoms with Crippen molar-refractivity contribution in [3.05, 3.63) is 29.3 Å². The van der Waals surface area contributed by atoms with E-state index in [0.29, 0.717) is 6.61 Å². The van der Waals surface area contributed by atoms with Crippen molar-refractivity contribution in [2.45, 2.75) is 25.9 Å². The van der Waals surface area contributed by atoms with Gasteiger partial charge in [0.05, 0.1) is 12.7 Å². The third kappa shape index (κ3) is 1.54. The van der Waals surface area contributed by atoms with Crippen LogP contribution in [-0.2, 0) is 6.42 Å². The van der Waals surface area contributed by atoms with Crippen molar-refractivity contribution in [3.8, 4) is 5.75 Å². The summed E-state index contributed by atoms with van der Waals surface area (Å²) in [5.41, 5.74) is 2.31. The Kier molecular flexibility index (Phi) is 2.23. The molecule has 0 heterocycles. The molecule has 1 atom stereocenters. The third-order valence-electron chi connectivity index (χ3n) is 2.47. The summed E-state index contributed by atoms with van der Waals surface area (Å²) in [4.78, 5) is 0. The van der Waals surface area contributed by atoms with Crippen LogP contribution in [0.5, 0.6) is 5.75 Å². The number of aliphatic hydroxyl groups is 1. The molecule has 0 bridgehead atoms. The van der Waals surface area contributed by atoms with Gasteiger partial charge in [0.15, 0.2) is 0 Å². The highest BCUT2D eigenvalue weighted by atomic mass is 16.5. The van der Waals surface area contributed by atoms with Crippen molar-refractivity contribution in [1.29, 1.82) is 0 Å². The minimum absolute atomic E-state index is 0.282. The molecule has 2 nitrogen and oxygen atoms in total. The zero-order valence-corrected chi connectivity index (χ0v) is 7.79. The molecule has 1 aromatic rings. The Morgan fingerprint density at radius 2 is 2.38 bits per heavy atom. The van der Waals surface area contributed by atoms with Gasteiger partial charge >= 0.3 is 0 Å². The number of hydrogen-bond acceptors (Lipinski definition) is 2. The molecule has 1 aliphatic rings. The highest BCUT2D eigenvalue weighted by molar-refractivity contribution is 5.39. The zero-order valence-electron chi connectivity index (χ0n) is 7.79. The Morgan fingerprint density at radius 1 is 1.54 bits per heavy atom. The summed E-state index contributed by atoms with van der Waals surface area (Å²) in [5, 5.41) is 9.62. The van der Waals surface area contributed by atoms with Gasteiger partial charge in [-0.3, -0.25) is 0 Å². The molecule has 1 unspecified atom stereocenters. The van der Waals surface area contributed by atoms with Gasteiger partial charge in [0.1, 0.15) is 5.75 Å². The number of ether oxygens (including phenoxy) is 1. The normalized spacial score (nSPS) is 20.0. The van der Waals surface area contributed by atoms with Gasteiger partial charge < -0.3 is 9.84 Å². The van der Waals surface area contributed by atoms with Gasteiger partial charge in [0, 0.05) is 0 Å². The first kappa shape index (κ1) is 8.57. The van der Waals surface area contributed by atoms with Crippen molar-refractivity contribution >= 4 is 0 Å². The molecule has 0 aliphatic heterocycles. The maximum Gasteiger partial charge on any atom is 0.119 e. The van der Waals surface area contributed by atoms with Crippen molar-refractivity contribution in [3.63, 3.8) is 0 Å². The van der Waals surface area contributed by atoms with E-state index < -0.39 is 0 Å². The third-order valence-corrected chi connectivity index (χ3v) is 2.47. The molecule has 0 saturated carbocycles. The quantitative estimate of drug-likeness (QED) is 0.751. The lowest BCUT2D eigenvalue weighted by molar-refractivity contribution is 0.179. The Labute approximate surface area is 78.2 Å². The summed E-state index contributed by atoms with van der Waals surface area (Å²) in [5.74, 6) is 0.863. The summed E-state index contributed by atoms with van der Waals surface area (Å²) in [6.07, 6.45) is 1.56. The van der Waals surface area contributed by atoms with Gasteiger partial charge in [0.25, 0.3) is 0 Å². The molecule has 0 saturated heterocycles. The van der Waals surface area contributed by atoms with Crippen molar-refractivity contribution in [2.24, 2.45) is 0 Å². The number of aliphatic hydroxyl groups excluding tert-OH is 1. The predicted octanol–water partition coefficient (Wildman–Crippen LogP) is 2.06. The maximum absolute atomic E-state index is 9.62. The lowest BCUT2D eigenvalue weighted by atomic mass is 10.1. The topological polar surface area (TPSA) is 29.5 Å². The maximum atomic E-state index is 9.62. The van der Waals surface area contributed by atoms with Crippen LogP contribution < -0.4 is 4.74 Å². The van der Waals surface area contributed by atoms with Gasteiger partial charge in [-0.25, -0.2) is 0 Å². The van der Waals surface area contributed by atoms with E-state index in [-0.39, 0.29) is 6.10 Å². The fraction of sp³-hybridized carbons (Fsp3) is 0.455. The Bertz CT molecular complexity index is 307. The molecule has 2 heteroatoms. The van der Waals surface area contributed by atoms with E-state index in [9.17, 15) is 5.11 Å². The molecule has 2 rings (SSSR count). The Morgan fingerprint density at radius 3 is 3.15 bits per heavy atom. The van der Waals surface area contributed by atoms with E-state index in [4.69, 9.17) is 4.74 Å². The summed E-state index contributed by atoms with van der Waals surface area (Å²) in [6.45, 7) is 2.64. The smallest absolute Gasteiger partial charge is 0.119 e. The first-order chi connectivity index (χ1) is 6.31. The molecule has 1 N–H and O–H groups in total. The van der Waals surface area contributed by atoms with Gasteiger partial charge in [-0.2, -0.15) is 0 Å². The second kappa shape index (κ2) is 3.38. The molecule has 0 amide bonds. The SMILES string of the molecule is CCOc1ccc2c(c1)C(O)CC2. The lowest BCUT2D eigenvalue weighted by Crippen LogP contribution is -1.94. The number of benzene rings is 1. The van der Waals surface area contributed by atoms with E-state index in [0.717, 1.165) is 24.2 Å².